The first-order valence-electron chi connectivity index (χ1n) is 10.3. The van der Waals surface area contributed by atoms with Crippen molar-refractivity contribution in [3.63, 3.8) is 0 Å². The predicted octanol–water partition coefficient (Wildman–Crippen LogP) is 3.14. The van der Waals surface area contributed by atoms with Gasteiger partial charge in [0.2, 0.25) is 0 Å². The maximum absolute atomic E-state index is 12.4. The van der Waals surface area contributed by atoms with Crippen LogP contribution in [0.1, 0.15) is 12.8 Å². The van der Waals surface area contributed by atoms with E-state index in [9.17, 15) is 9.59 Å². The number of nitrogens with zero attached hydrogens (tertiary/aromatic N) is 1. The lowest BCUT2D eigenvalue weighted by Crippen LogP contribution is -2.43. The van der Waals surface area contributed by atoms with Gasteiger partial charge in [-0.2, -0.15) is 0 Å². The molecule has 3 rings (SSSR count). The summed E-state index contributed by atoms with van der Waals surface area (Å²) in [5, 5.41) is 5.71. The Bertz CT molecular complexity index is 867. The SMILES string of the molecule is COc1ccc(NC(=O)NCC2CCN(C(=O)COc3ccccc3)CC2)c(OC)c1. The van der Waals surface area contributed by atoms with Crippen LogP contribution in [0.4, 0.5) is 10.5 Å². The van der Waals surface area contributed by atoms with Gasteiger partial charge in [0, 0.05) is 25.7 Å². The van der Waals surface area contributed by atoms with E-state index in [-0.39, 0.29) is 18.5 Å². The van der Waals surface area contributed by atoms with Gasteiger partial charge in [-0.1, -0.05) is 18.2 Å². The summed E-state index contributed by atoms with van der Waals surface area (Å²) >= 11 is 0. The monoisotopic (exact) mass is 427 g/mol. The van der Waals surface area contributed by atoms with Gasteiger partial charge >= 0.3 is 6.03 Å². The summed E-state index contributed by atoms with van der Waals surface area (Å²) in [5.74, 6) is 2.17. The van der Waals surface area contributed by atoms with Gasteiger partial charge in [0.25, 0.3) is 5.91 Å². The minimum atomic E-state index is -0.293. The number of methoxy groups -OCH3 is 2. The second-order valence-corrected chi connectivity index (χ2v) is 7.33. The van der Waals surface area contributed by atoms with Gasteiger partial charge in [-0.3, -0.25) is 4.79 Å². The Kier molecular flexibility index (Phi) is 7.98. The molecule has 0 aliphatic carbocycles. The molecule has 2 aromatic carbocycles. The van der Waals surface area contributed by atoms with E-state index in [2.05, 4.69) is 10.6 Å². The number of likely N-dealkylation sites (tertiary alicyclic amines) is 1. The second-order valence-electron chi connectivity index (χ2n) is 7.33. The molecule has 3 amide bonds. The molecular weight excluding hydrogens is 398 g/mol. The molecule has 1 aliphatic heterocycles. The van der Waals surface area contributed by atoms with Crippen molar-refractivity contribution >= 4 is 17.6 Å². The number of carbonyl (C=O) groups is 2. The molecular formula is C23H29N3O5. The number of piperidine rings is 1. The molecule has 0 saturated carbocycles. The Morgan fingerprint density at radius 1 is 1.00 bits per heavy atom. The second kappa shape index (κ2) is 11.1. The first-order chi connectivity index (χ1) is 15.1. The highest BCUT2D eigenvalue weighted by molar-refractivity contribution is 5.91. The number of ether oxygens (including phenoxy) is 3. The van der Waals surface area contributed by atoms with E-state index in [1.54, 1.807) is 25.3 Å². The number of carbonyl (C=O) groups excluding carboxylic acids is 2. The van der Waals surface area contributed by atoms with Crippen LogP contribution < -0.4 is 24.8 Å². The van der Waals surface area contributed by atoms with Gasteiger partial charge in [0.15, 0.2) is 6.61 Å². The van der Waals surface area contributed by atoms with Crippen LogP contribution in [0.5, 0.6) is 17.2 Å². The number of rotatable bonds is 8. The molecule has 0 radical (unpaired) electrons. The van der Waals surface area contributed by atoms with E-state index in [4.69, 9.17) is 14.2 Å². The molecule has 0 aromatic heterocycles. The van der Waals surface area contributed by atoms with Crippen LogP contribution in [-0.2, 0) is 4.79 Å². The molecule has 1 aliphatic rings. The van der Waals surface area contributed by atoms with Crippen molar-refractivity contribution in [1.29, 1.82) is 0 Å². The summed E-state index contributed by atoms with van der Waals surface area (Å²) in [6, 6.07) is 14.2. The van der Waals surface area contributed by atoms with E-state index in [0.717, 1.165) is 12.8 Å². The fourth-order valence-electron chi connectivity index (χ4n) is 3.44. The van der Waals surface area contributed by atoms with Crippen LogP contribution in [0.2, 0.25) is 0 Å². The van der Waals surface area contributed by atoms with Crippen molar-refractivity contribution < 1.29 is 23.8 Å². The van der Waals surface area contributed by atoms with Gasteiger partial charge in [-0.25, -0.2) is 4.79 Å². The number of hydrogen-bond acceptors (Lipinski definition) is 5. The van der Waals surface area contributed by atoms with E-state index >= 15 is 0 Å². The van der Waals surface area contributed by atoms with E-state index < -0.39 is 0 Å². The van der Waals surface area contributed by atoms with E-state index in [1.807, 2.05) is 35.2 Å². The average molecular weight is 428 g/mol. The zero-order chi connectivity index (χ0) is 22.1. The minimum absolute atomic E-state index is 0.0143. The number of amides is 3. The van der Waals surface area contributed by atoms with Crippen LogP contribution in [0.25, 0.3) is 0 Å². The Hall–Kier alpha value is -3.42. The first-order valence-corrected chi connectivity index (χ1v) is 10.3. The molecule has 2 N–H and O–H groups in total. The lowest BCUT2D eigenvalue weighted by Gasteiger charge is -2.32. The molecule has 0 atom stereocenters. The average Bonchev–Trinajstić information content (AvgIpc) is 2.82. The van der Waals surface area contributed by atoms with Gasteiger partial charge in [0.1, 0.15) is 17.2 Å². The van der Waals surface area contributed by atoms with Gasteiger partial charge in [0.05, 0.1) is 19.9 Å². The van der Waals surface area contributed by atoms with E-state index in [1.165, 1.54) is 7.11 Å². The van der Waals surface area contributed by atoms with Crippen LogP contribution in [-0.4, -0.2) is 57.3 Å². The predicted molar refractivity (Wildman–Crippen MR) is 118 cm³/mol. The molecule has 166 valence electrons. The Morgan fingerprint density at radius 3 is 2.42 bits per heavy atom. The molecule has 8 nitrogen and oxygen atoms in total. The van der Waals surface area contributed by atoms with Gasteiger partial charge in [-0.15, -0.1) is 0 Å². The number of nitrogens with one attached hydrogen (secondary N) is 2. The van der Waals surface area contributed by atoms with Crippen molar-refractivity contribution in [3.8, 4) is 17.2 Å². The molecule has 2 aromatic rings. The number of urea groups is 1. The molecule has 1 heterocycles. The fourth-order valence-corrected chi connectivity index (χ4v) is 3.44. The molecule has 0 bridgehead atoms. The summed E-state index contributed by atoms with van der Waals surface area (Å²) in [6.45, 7) is 1.92. The standard InChI is InChI=1S/C23H29N3O5/c1-29-19-8-9-20(21(14-19)30-2)25-23(28)24-15-17-10-12-26(13-11-17)22(27)16-31-18-6-4-3-5-7-18/h3-9,14,17H,10-13,15-16H2,1-2H3,(H2,24,25,28). The van der Waals surface area contributed by atoms with Crippen LogP contribution in [0.15, 0.2) is 48.5 Å². The quantitative estimate of drug-likeness (QED) is 0.676. The molecule has 8 heteroatoms. The molecule has 0 unspecified atom stereocenters. The molecule has 0 spiro atoms. The minimum Gasteiger partial charge on any atom is -0.497 e. The maximum atomic E-state index is 12.4. The van der Waals surface area contributed by atoms with Crippen molar-refractivity contribution in [2.75, 3.05) is 45.8 Å². The van der Waals surface area contributed by atoms with Crippen LogP contribution in [0, 0.1) is 5.92 Å². The number of anilines is 1. The Balaban J connectivity index is 1.38. The van der Waals surface area contributed by atoms with Gasteiger partial charge in [-0.05, 0) is 43.0 Å². The van der Waals surface area contributed by atoms with Gasteiger partial charge < -0.3 is 29.7 Å². The van der Waals surface area contributed by atoms with Crippen molar-refractivity contribution in [3.05, 3.63) is 48.5 Å². The fraction of sp³-hybridized carbons (Fsp3) is 0.391. The zero-order valence-electron chi connectivity index (χ0n) is 17.9. The smallest absolute Gasteiger partial charge is 0.319 e. The highest BCUT2D eigenvalue weighted by Crippen LogP contribution is 2.29. The van der Waals surface area contributed by atoms with E-state index in [0.29, 0.717) is 48.5 Å². The number of hydrogen-bond donors (Lipinski definition) is 2. The van der Waals surface area contributed by atoms with Crippen molar-refractivity contribution in [2.24, 2.45) is 5.92 Å². The summed E-state index contributed by atoms with van der Waals surface area (Å²) in [7, 11) is 3.11. The van der Waals surface area contributed by atoms with Crippen molar-refractivity contribution in [1.82, 2.24) is 10.2 Å². The normalized spacial score (nSPS) is 13.9. The highest BCUT2D eigenvalue weighted by Gasteiger charge is 2.23. The van der Waals surface area contributed by atoms with Crippen molar-refractivity contribution in [2.45, 2.75) is 12.8 Å². The largest absolute Gasteiger partial charge is 0.497 e. The zero-order valence-corrected chi connectivity index (χ0v) is 17.9. The lowest BCUT2D eigenvalue weighted by molar-refractivity contribution is -0.134. The highest BCUT2D eigenvalue weighted by atomic mass is 16.5. The summed E-state index contributed by atoms with van der Waals surface area (Å²) in [4.78, 5) is 26.5. The summed E-state index contributed by atoms with van der Waals surface area (Å²) < 4.78 is 16.0. The Morgan fingerprint density at radius 2 is 1.74 bits per heavy atom. The first kappa shape index (κ1) is 22.3. The molecule has 1 saturated heterocycles. The third kappa shape index (κ3) is 6.53. The number of para-hydroxylation sites is 1. The lowest BCUT2D eigenvalue weighted by atomic mass is 9.97. The summed E-state index contributed by atoms with van der Waals surface area (Å²) in [5.41, 5.74) is 0.569. The topological polar surface area (TPSA) is 89.1 Å². The summed E-state index contributed by atoms with van der Waals surface area (Å²) in [6.07, 6.45) is 1.67. The Labute approximate surface area is 182 Å². The third-order valence-corrected chi connectivity index (χ3v) is 5.28. The molecule has 31 heavy (non-hydrogen) atoms. The van der Waals surface area contributed by atoms with Crippen LogP contribution >= 0.6 is 0 Å². The van der Waals surface area contributed by atoms with Crippen LogP contribution in [0.3, 0.4) is 0 Å². The third-order valence-electron chi connectivity index (χ3n) is 5.28. The number of benzene rings is 2. The molecule has 1 fully saturated rings. The maximum Gasteiger partial charge on any atom is 0.319 e.